The quantitative estimate of drug-likeness (QED) is 0.600. The smallest absolute Gasteiger partial charge is 0.445 e. The lowest BCUT2D eigenvalue weighted by Gasteiger charge is -2.14. The van der Waals surface area contributed by atoms with Crippen LogP contribution in [0, 0.1) is 0 Å². The number of aromatic nitrogens is 1. The highest BCUT2D eigenvalue weighted by Gasteiger charge is 2.27. The Kier molecular flexibility index (Phi) is 2.09. The summed E-state index contributed by atoms with van der Waals surface area (Å²) in [5, 5.41) is -0.299. The van der Waals surface area contributed by atoms with E-state index in [9.17, 15) is 12.9 Å². The van der Waals surface area contributed by atoms with Gasteiger partial charge in [0.2, 0.25) is 0 Å². The number of nitrogens with zero attached hydrogens (tertiary/aromatic N) is 1. The van der Waals surface area contributed by atoms with Crippen LogP contribution in [0.1, 0.15) is 0 Å². The molecule has 0 bridgehead atoms. The van der Waals surface area contributed by atoms with Crippen LogP contribution in [0.4, 0.5) is 12.9 Å². The Hall–Kier alpha value is -0.705. The molecule has 1 heterocycles. The molecule has 0 aliphatic carbocycles. The lowest BCUT2D eigenvalue weighted by molar-refractivity contribution is 0.501. The molecule has 0 saturated heterocycles. The number of hydrogen-bond donors (Lipinski definition) is 0. The maximum Gasteiger partial charge on any atom is 0.512 e. The Morgan fingerprint density at radius 1 is 1.36 bits per heavy atom. The van der Waals surface area contributed by atoms with E-state index in [0.29, 0.717) is 0 Å². The highest BCUT2D eigenvalue weighted by molar-refractivity contribution is 6.75. The molecular weight excluding hydrogens is 177 g/mol. The number of halogens is 4. The molecule has 1 nitrogen and oxygen atoms in total. The van der Waals surface area contributed by atoms with Gasteiger partial charge in [-0.05, 0) is 6.07 Å². The summed E-state index contributed by atoms with van der Waals surface area (Å²) in [6.45, 7) is -5.02. The van der Waals surface area contributed by atoms with Crippen LogP contribution in [0.3, 0.4) is 0 Å². The summed E-state index contributed by atoms with van der Waals surface area (Å²) in [5.41, 5.74) is -0.839. The minimum Gasteiger partial charge on any atom is -0.445 e. The van der Waals surface area contributed by atoms with Gasteiger partial charge in [-0.2, -0.15) is 0 Å². The highest BCUT2D eigenvalue weighted by atomic mass is 35.5. The van der Waals surface area contributed by atoms with E-state index in [1.54, 1.807) is 0 Å². The minimum atomic E-state index is -5.02. The van der Waals surface area contributed by atoms with E-state index in [1.807, 2.05) is 0 Å². The van der Waals surface area contributed by atoms with E-state index < -0.39 is 12.4 Å². The van der Waals surface area contributed by atoms with Crippen molar-refractivity contribution in [1.29, 1.82) is 0 Å². The van der Waals surface area contributed by atoms with Crippen LogP contribution in [-0.4, -0.2) is 12.0 Å². The molecular formula is C5H3BClF3N-. The van der Waals surface area contributed by atoms with Crippen molar-refractivity contribution >= 4 is 24.0 Å². The number of hydrogen-bond acceptors (Lipinski definition) is 1. The summed E-state index contributed by atoms with van der Waals surface area (Å²) < 4.78 is 36.0. The average molecular weight is 180 g/mol. The molecule has 0 fully saturated rings. The third-order valence-electron chi connectivity index (χ3n) is 1.15. The van der Waals surface area contributed by atoms with Gasteiger partial charge in [0.1, 0.15) is 0 Å². The molecule has 0 aliphatic rings. The van der Waals surface area contributed by atoms with Crippen LogP contribution in [-0.2, 0) is 0 Å². The normalized spacial score (nSPS) is 11.6. The first-order valence-electron chi connectivity index (χ1n) is 2.81. The van der Waals surface area contributed by atoms with Crippen molar-refractivity contribution in [1.82, 2.24) is 4.98 Å². The third kappa shape index (κ3) is 1.86. The highest BCUT2D eigenvalue weighted by Crippen LogP contribution is 2.14. The average Bonchev–Trinajstić information content (AvgIpc) is 1.86. The fourth-order valence-electron chi connectivity index (χ4n) is 0.631. The first-order valence-corrected chi connectivity index (χ1v) is 3.19. The predicted molar refractivity (Wildman–Crippen MR) is 38.0 cm³/mol. The van der Waals surface area contributed by atoms with Crippen molar-refractivity contribution in [3.8, 4) is 0 Å². The summed E-state index contributed by atoms with van der Waals surface area (Å²) in [7, 11) is 0. The van der Waals surface area contributed by atoms with Gasteiger partial charge < -0.3 is 12.9 Å². The molecule has 0 unspecified atom stereocenters. The maximum absolute atomic E-state index is 12.0. The lowest BCUT2D eigenvalue weighted by atomic mass is 9.81. The molecule has 1 rings (SSSR count). The van der Waals surface area contributed by atoms with Crippen LogP contribution in [0.25, 0.3) is 0 Å². The molecule has 1 aromatic heterocycles. The lowest BCUT2D eigenvalue weighted by Crippen LogP contribution is -2.35. The summed E-state index contributed by atoms with van der Waals surface area (Å²) >= 11 is 5.26. The van der Waals surface area contributed by atoms with Crippen molar-refractivity contribution in [3.05, 3.63) is 23.5 Å². The Morgan fingerprint density at radius 2 is 2.00 bits per heavy atom. The van der Waals surface area contributed by atoms with Crippen LogP contribution in [0.15, 0.2) is 18.5 Å². The van der Waals surface area contributed by atoms with Crippen LogP contribution < -0.4 is 5.46 Å². The van der Waals surface area contributed by atoms with E-state index in [-0.39, 0.29) is 5.02 Å². The van der Waals surface area contributed by atoms with Gasteiger partial charge in [0, 0.05) is 17.4 Å². The van der Waals surface area contributed by atoms with Gasteiger partial charge in [-0.15, -0.1) is 0 Å². The fourth-order valence-corrected chi connectivity index (χ4v) is 0.859. The number of rotatable bonds is 1. The fraction of sp³-hybridized carbons (Fsp3) is 0. The summed E-state index contributed by atoms with van der Waals surface area (Å²) in [6, 6.07) is 1.12. The van der Waals surface area contributed by atoms with Gasteiger partial charge in [0.25, 0.3) is 0 Å². The molecule has 6 heteroatoms. The molecule has 60 valence electrons. The van der Waals surface area contributed by atoms with E-state index in [2.05, 4.69) is 4.98 Å². The molecule has 0 atom stereocenters. The van der Waals surface area contributed by atoms with Crippen molar-refractivity contribution in [2.45, 2.75) is 0 Å². The Balaban J connectivity index is 3.14. The first-order chi connectivity index (χ1) is 5.02. The second-order valence-corrected chi connectivity index (χ2v) is 2.38. The monoisotopic (exact) mass is 180 g/mol. The maximum atomic E-state index is 12.0. The number of pyridine rings is 1. The molecule has 0 saturated carbocycles. The van der Waals surface area contributed by atoms with Crippen molar-refractivity contribution in [2.75, 3.05) is 0 Å². The standard InChI is InChI=1S/C5H3BClF3N/c7-5-1-2-11-3-4(5)6(8,9)10/h1-3H/q-1. The molecule has 11 heavy (non-hydrogen) atoms. The van der Waals surface area contributed by atoms with Gasteiger partial charge in [-0.25, -0.2) is 0 Å². The molecule has 0 aromatic carbocycles. The van der Waals surface area contributed by atoms with Crippen molar-refractivity contribution in [3.63, 3.8) is 0 Å². The molecule has 0 aliphatic heterocycles. The largest absolute Gasteiger partial charge is 0.512 e. The van der Waals surface area contributed by atoms with Gasteiger partial charge in [0.05, 0.1) is 0 Å². The summed E-state index contributed by atoms with van der Waals surface area (Å²) in [4.78, 5) is 3.32. The first kappa shape index (κ1) is 8.39. The van der Waals surface area contributed by atoms with Gasteiger partial charge in [0.15, 0.2) is 0 Å². The predicted octanol–water partition coefficient (Wildman–Crippen LogP) is 1.79. The van der Waals surface area contributed by atoms with E-state index in [4.69, 9.17) is 11.6 Å². The molecule has 0 amide bonds. The molecule has 0 radical (unpaired) electrons. The summed E-state index contributed by atoms with van der Waals surface area (Å²) in [6.07, 6.45) is 1.94. The zero-order valence-corrected chi connectivity index (χ0v) is 6.02. The SMILES string of the molecule is F[B-](F)(F)c1cnccc1Cl. The topological polar surface area (TPSA) is 12.9 Å². The van der Waals surface area contributed by atoms with Crippen LogP contribution >= 0.6 is 11.6 Å². The van der Waals surface area contributed by atoms with E-state index in [0.717, 1.165) is 12.3 Å². The molecule has 0 N–H and O–H groups in total. The van der Waals surface area contributed by atoms with Gasteiger partial charge in [-0.1, -0.05) is 17.1 Å². The Bertz CT molecular complexity index is 262. The Labute approximate surface area is 66.3 Å². The van der Waals surface area contributed by atoms with Crippen LogP contribution in [0.2, 0.25) is 5.02 Å². The second-order valence-electron chi connectivity index (χ2n) is 1.97. The molecule has 1 aromatic rings. The van der Waals surface area contributed by atoms with E-state index >= 15 is 0 Å². The minimum absolute atomic E-state index is 0.299. The van der Waals surface area contributed by atoms with Crippen molar-refractivity contribution in [2.24, 2.45) is 0 Å². The zero-order valence-electron chi connectivity index (χ0n) is 5.27. The third-order valence-corrected chi connectivity index (χ3v) is 1.49. The Morgan fingerprint density at radius 3 is 2.36 bits per heavy atom. The molecule has 0 spiro atoms. The summed E-state index contributed by atoms with van der Waals surface area (Å²) in [5.74, 6) is 0. The van der Waals surface area contributed by atoms with Crippen LogP contribution in [0.5, 0.6) is 0 Å². The van der Waals surface area contributed by atoms with Gasteiger partial charge >= 0.3 is 6.98 Å². The van der Waals surface area contributed by atoms with E-state index in [1.165, 1.54) is 6.20 Å². The second kappa shape index (κ2) is 2.73. The van der Waals surface area contributed by atoms with Gasteiger partial charge in [-0.3, -0.25) is 4.98 Å². The zero-order chi connectivity index (χ0) is 8.48. The van der Waals surface area contributed by atoms with Crippen molar-refractivity contribution < 1.29 is 12.9 Å².